The molecule has 3 aromatic rings. The molecule has 0 spiro atoms. The van der Waals surface area contributed by atoms with Crippen molar-refractivity contribution in [1.29, 1.82) is 0 Å². The summed E-state index contributed by atoms with van der Waals surface area (Å²) in [4.78, 5) is 13.9. The molecule has 0 heterocycles. The van der Waals surface area contributed by atoms with Gasteiger partial charge in [-0.25, -0.2) is 4.39 Å². The summed E-state index contributed by atoms with van der Waals surface area (Å²) in [6, 6.07) is 20.7. The van der Waals surface area contributed by atoms with Crippen LogP contribution >= 0.6 is 0 Å². The summed E-state index contributed by atoms with van der Waals surface area (Å²) in [7, 11) is 1.75. The molecule has 0 radical (unpaired) electrons. The first-order chi connectivity index (χ1) is 11.1. The van der Waals surface area contributed by atoms with Crippen molar-refractivity contribution in [2.45, 2.75) is 13.0 Å². The predicted octanol–water partition coefficient (Wildman–Crippen LogP) is 4.18. The summed E-state index contributed by atoms with van der Waals surface area (Å²) in [5.41, 5.74) is 1.50. The first kappa shape index (κ1) is 15.2. The van der Waals surface area contributed by atoms with Gasteiger partial charge in [-0.3, -0.25) is 4.79 Å². The maximum Gasteiger partial charge on any atom is 0.227 e. The molecule has 0 unspecified atom stereocenters. The van der Waals surface area contributed by atoms with Crippen molar-refractivity contribution in [2.75, 3.05) is 7.05 Å². The van der Waals surface area contributed by atoms with E-state index in [0.717, 1.165) is 10.9 Å². The van der Waals surface area contributed by atoms with Crippen LogP contribution in [0.2, 0.25) is 0 Å². The lowest BCUT2D eigenvalue weighted by atomic mass is 10.1. The third-order valence-electron chi connectivity index (χ3n) is 3.96. The molecule has 3 heteroatoms. The Morgan fingerprint density at radius 2 is 1.65 bits per heavy atom. The second-order valence-corrected chi connectivity index (χ2v) is 5.70. The lowest BCUT2D eigenvalue weighted by Crippen LogP contribution is -2.28. The van der Waals surface area contributed by atoms with E-state index in [9.17, 15) is 9.18 Å². The fourth-order valence-electron chi connectivity index (χ4n) is 2.64. The summed E-state index contributed by atoms with van der Waals surface area (Å²) < 4.78 is 13.6. The minimum Gasteiger partial charge on any atom is -0.341 e. The molecule has 3 aromatic carbocycles. The standard InChI is InChI=1S/C20H18FNO/c1-22(20(23)13-18-8-4-5-9-19(18)21)14-15-10-11-16-6-2-3-7-17(16)12-15/h2-12H,13-14H2,1H3. The second-order valence-electron chi connectivity index (χ2n) is 5.70. The van der Waals surface area contributed by atoms with Gasteiger partial charge in [-0.05, 0) is 34.0 Å². The Labute approximate surface area is 135 Å². The number of hydrogen-bond acceptors (Lipinski definition) is 1. The number of benzene rings is 3. The Morgan fingerprint density at radius 1 is 0.957 bits per heavy atom. The van der Waals surface area contributed by atoms with Crippen molar-refractivity contribution in [1.82, 2.24) is 4.90 Å². The van der Waals surface area contributed by atoms with Gasteiger partial charge in [0.1, 0.15) is 5.82 Å². The van der Waals surface area contributed by atoms with Crippen LogP contribution < -0.4 is 0 Å². The van der Waals surface area contributed by atoms with Crippen molar-refractivity contribution in [3.05, 3.63) is 83.7 Å². The number of hydrogen-bond donors (Lipinski definition) is 0. The van der Waals surface area contributed by atoms with Gasteiger partial charge in [0.2, 0.25) is 5.91 Å². The first-order valence-electron chi connectivity index (χ1n) is 7.58. The minimum absolute atomic E-state index is 0.0801. The van der Waals surface area contributed by atoms with Gasteiger partial charge in [-0.1, -0.05) is 54.6 Å². The average Bonchev–Trinajstić information content (AvgIpc) is 2.56. The number of likely N-dealkylation sites (N-methyl/N-ethyl adjacent to an activating group) is 1. The number of carbonyl (C=O) groups excluding carboxylic acids is 1. The highest BCUT2D eigenvalue weighted by Gasteiger charge is 2.12. The summed E-state index contributed by atoms with van der Waals surface area (Å²) in [6.45, 7) is 0.512. The number of nitrogens with zero attached hydrogens (tertiary/aromatic N) is 1. The maximum absolute atomic E-state index is 13.6. The minimum atomic E-state index is -0.333. The van der Waals surface area contributed by atoms with Crippen LogP contribution in [0.1, 0.15) is 11.1 Å². The molecule has 2 nitrogen and oxygen atoms in total. The smallest absolute Gasteiger partial charge is 0.227 e. The van der Waals surface area contributed by atoms with E-state index in [2.05, 4.69) is 24.3 Å². The third kappa shape index (κ3) is 3.57. The highest BCUT2D eigenvalue weighted by molar-refractivity contribution is 5.83. The normalized spacial score (nSPS) is 10.7. The quantitative estimate of drug-likeness (QED) is 0.708. The fraction of sp³-hybridized carbons (Fsp3) is 0.150. The van der Waals surface area contributed by atoms with Gasteiger partial charge < -0.3 is 4.90 Å². The fourth-order valence-corrected chi connectivity index (χ4v) is 2.64. The van der Waals surface area contributed by atoms with Gasteiger partial charge in [0.15, 0.2) is 0 Å². The first-order valence-corrected chi connectivity index (χ1v) is 7.58. The predicted molar refractivity (Wildman–Crippen MR) is 90.5 cm³/mol. The van der Waals surface area contributed by atoms with Gasteiger partial charge in [0.25, 0.3) is 0 Å². The zero-order valence-electron chi connectivity index (χ0n) is 13.0. The molecule has 0 atom stereocenters. The van der Waals surface area contributed by atoms with E-state index in [4.69, 9.17) is 0 Å². The van der Waals surface area contributed by atoms with Crippen LogP contribution in [0.4, 0.5) is 4.39 Å². The number of fused-ring (bicyclic) bond motifs is 1. The topological polar surface area (TPSA) is 20.3 Å². The van der Waals surface area contributed by atoms with E-state index in [1.807, 2.05) is 18.2 Å². The van der Waals surface area contributed by atoms with Crippen molar-refractivity contribution < 1.29 is 9.18 Å². The van der Waals surface area contributed by atoms with Gasteiger partial charge in [0.05, 0.1) is 6.42 Å². The average molecular weight is 307 g/mol. The van der Waals surface area contributed by atoms with Gasteiger partial charge >= 0.3 is 0 Å². The highest BCUT2D eigenvalue weighted by Crippen LogP contribution is 2.17. The van der Waals surface area contributed by atoms with E-state index in [1.165, 1.54) is 11.5 Å². The molecular weight excluding hydrogens is 289 g/mol. The number of halogens is 1. The van der Waals surface area contributed by atoms with E-state index in [0.29, 0.717) is 12.1 Å². The molecule has 0 aliphatic carbocycles. The van der Waals surface area contributed by atoms with Crippen LogP contribution in [0.25, 0.3) is 10.8 Å². The molecule has 0 saturated carbocycles. The van der Waals surface area contributed by atoms with Crippen LogP contribution in [0.5, 0.6) is 0 Å². The highest BCUT2D eigenvalue weighted by atomic mass is 19.1. The molecule has 0 aromatic heterocycles. The summed E-state index contributed by atoms with van der Waals surface area (Å²) in [5.74, 6) is -0.428. The Balaban J connectivity index is 1.71. The van der Waals surface area contributed by atoms with Gasteiger partial charge in [-0.15, -0.1) is 0 Å². The molecule has 0 aliphatic rings. The molecule has 23 heavy (non-hydrogen) atoms. The number of carbonyl (C=O) groups is 1. The van der Waals surface area contributed by atoms with Crippen molar-refractivity contribution in [2.24, 2.45) is 0 Å². The van der Waals surface area contributed by atoms with Crippen molar-refractivity contribution in [3.63, 3.8) is 0 Å². The monoisotopic (exact) mass is 307 g/mol. The van der Waals surface area contributed by atoms with E-state index in [1.54, 1.807) is 30.1 Å². The molecule has 0 aliphatic heterocycles. The largest absolute Gasteiger partial charge is 0.341 e. The second kappa shape index (κ2) is 6.61. The third-order valence-corrected chi connectivity index (χ3v) is 3.96. The lowest BCUT2D eigenvalue weighted by Gasteiger charge is -2.18. The van der Waals surface area contributed by atoms with Crippen molar-refractivity contribution >= 4 is 16.7 Å². The van der Waals surface area contributed by atoms with Gasteiger partial charge in [-0.2, -0.15) is 0 Å². The summed E-state index contributed by atoms with van der Waals surface area (Å²) >= 11 is 0. The van der Waals surface area contributed by atoms with E-state index in [-0.39, 0.29) is 18.1 Å². The molecule has 0 saturated heterocycles. The van der Waals surface area contributed by atoms with Crippen molar-refractivity contribution in [3.8, 4) is 0 Å². The molecule has 0 N–H and O–H groups in total. The molecule has 1 amide bonds. The van der Waals surface area contributed by atoms with E-state index >= 15 is 0 Å². The summed E-state index contributed by atoms with van der Waals surface area (Å²) in [5, 5.41) is 2.33. The SMILES string of the molecule is CN(Cc1ccc2ccccc2c1)C(=O)Cc1ccccc1F. The number of rotatable bonds is 4. The van der Waals surface area contributed by atoms with Crippen LogP contribution in [0.3, 0.4) is 0 Å². The maximum atomic E-state index is 13.6. The lowest BCUT2D eigenvalue weighted by molar-refractivity contribution is -0.129. The number of amides is 1. The van der Waals surface area contributed by atoms with Crippen LogP contribution in [0, 0.1) is 5.82 Å². The Bertz CT molecular complexity index is 844. The van der Waals surface area contributed by atoms with Crippen LogP contribution in [0.15, 0.2) is 66.7 Å². The van der Waals surface area contributed by atoms with Crippen LogP contribution in [-0.2, 0) is 17.8 Å². The van der Waals surface area contributed by atoms with E-state index < -0.39 is 0 Å². The van der Waals surface area contributed by atoms with Crippen LogP contribution in [-0.4, -0.2) is 17.9 Å². The zero-order valence-corrected chi connectivity index (χ0v) is 13.0. The molecule has 0 bridgehead atoms. The molecule has 3 rings (SSSR count). The molecule has 116 valence electrons. The Hall–Kier alpha value is -2.68. The summed E-state index contributed by atoms with van der Waals surface area (Å²) in [6.07, 6.45) is 0.0801. The molecular formula is C20H18FNO. The van der Waals surface area contributed by atoms with Gasteiger partial charge in [0, 0.05) is 13.6 Å². The zero-order chi connectivity index (χ0) is 16.2. The Morgan fingerprint density at radius 3 is 2.43 bits per heavy atom. The Kier molecular flexibility index (Phi) is 4.38. The molecule has 0 fully saturated rings.